The van der Waals surface area contributed by atoms with Crippen molar-refractivity contribution in [3.05, 3.63) is 0 Å². The minimum atomic E-state index is -0.789. The SMILES string of the molecule is CC1CCN(C(=O)N2CC(C)C(C(=O)O)C2)C(C)C1. The molecule has 0 aliphatic carbocycles. The molecule has 2 fully saturated rings. The third-order valence-corrected chi connectivity index (χ3v) is 4.58. The summed E-state index contributed by atoms with van der Waals surface area (Å²) in [6.45, 7) is 7.93. The van der Waals surface area contributed by atoms with Crippen molar-refractivity contribution in [3.63, 3.8) is 0 Å². The Kier molecular flexibility index (Phi) is 4.02. The molecule has 4 unspecified atom stereocenters. The lowest BCUT2D eigenvalue weighted by Crippen LogP contribution is -2.50. The van der Waals surface area contributed by atoms with Gasteiger partial charge in [-0.25, -0.2) is 4.79 Å². The molecule has 0 aromatic rings. The van der Waals surface area contributed by atoms with Gasteiger partial charge < -0.3 is 14.9 Å². The first kappa shape index (κ1) is 14.2. The summed E-state index contributed by atoms with van der Waals surface area (Å²) in [4.78, 5) is 27.2. The van der Waals surface area contributed by atoms with E-state index >= 15 is 0 Å². The van der Waals surface area contributed by atoms with Gasteiger partial charge in [0.05, 0.1) is 5.92 Å². The summed E-state index contributed by atoms with van der Waals surface area (Å²) in [7, 11) is 0. The number of likely N-dealkylation sites (tertiary alicyclic amines) is 2. The van der Waals surface area contributed by atoms with E-state index in [0.29, 0.717) is 19.0 Å². The molecule has 0 aromatic heterocycles. The van der Waals surface area contributed by atoms with Crippen LogP contribution >= 0.6 is 0 Å². The fourth-order valence-electron chi connectivity index (χ4n) is 3.32. The van der Waals surface area contributed by atoms with Crippen LogP contribution in [0, 0.1) is 17.8 Å². The van der Waals surface area contributed by atoms with E-state index < -0.39 is 11.9 Å². The molecule has 2 amide bonds. The van der Waals surface area contributed by atoms with Crippen LogP contribution in [0.15, 0.2) is 0 Å². The van der Waals surface area contributed by atoms with Gasteiger partial charge in [0, 0.05) is 25.7 Å². The van der Waals surface area contributed by atoms with Gasteiger partial charge in [-0.2, -0.15) is 0 Å². The van der Waals surface area contributed by atoms with E-state index in [1.165, 1.54) is 0 Å². The predicted molar refractivity (Wildman–Crippen MR) is 71.8 cm³/mol. The number of carbonyl (C=O) groups is 2. The highest BCUT2D eigenvalue weighted by Gasteiger charge is 2.39. The lowest BCUT2D eigenvalue weighted by atomic mass is 9.94. The number of hydrogen-bond donors (Lipinski definition) is 1. The topological polar surface area (TPSA) is 60.9 Å². The Morgan fingerprint density at radius 1 is 1.16 bits per heavy atom. The first-order chi connectivity index (χ1) is 8.90. The van der Waals surface area contributed by atoms with Crippen molar-refractivity contribution in [3.8, 4) is 0 Å². The molecule has 0 aromatic carbocycles. The summed E-state index contributed by atoms with van der Waals surface area (Å²) < 4.78 is 0. The Hall–Kier alpha value is -1.26. The molecule has 0 bridgehead atoms. The monoisotopic (exact) mass is 268 g/mol. The Balaban J connectivity index is 1.99. The molecule has 2 heterocycles. The smallest absolute Gasteiger partial charge is 0.320 e. The van der Waals surface area contributed by atoms with Crippen molar-refractivity contribution in [2.24, 2.45) is 17.8 Å². The average molecular weight is 268 g/mol. The zero-order valence-electron chi connectivity index (χ0n) is 12.0. The number of nitrogens with zero attached hydrogens (tertiary/aromatic N) is 2. The van der Waals surface area contributed by atoms with Crippen LogP contribution in [0.2, 0.25) is 0 Å². The minimum Gasteiger partial charge on any atom is -0.481 e. The van der Waals surface area contributed by atoms with Crippen LogP contribution in [0.5, 0.6) is 0 Å². The highest BCUT2D eigenvalue weighted by molar-refractivity contribution is 5.78. The number of rotatable bonds is 1. The Labute approximate surface area is 114 Å². The number of urea groups is 1. The lowest BCUT2D eigenvalue weighted by Gasteiger charge is -2.38. The van der Waals surface area contributed by atoms with Gasteiger partial charge in [0.2, 0.25) is 0 Å². The van der Waals surface area contributed by atoms with Crippen molar-refractivity contribution >= 4 is 12.0 Å². The lowest BCUT2D eigenvalue weighted by molar-refractivity contribution is -0.142. The van der Waals surface area contributed by atoms with Crippen molar-refractivity contribution in [1.29, 1.82) is 0 Å². The van der Waals surface area contributed by atoms with Gasteiger partial charge >= 0.3 is 12.0 Å². The van der Waals surface area contributed by atoms with Gasteiger partial charge in [-0.05, 0) is 31.6 Å². The summed E-state index contributed by atoms with van der Waals surface area (Å²) in [6.07, 6.45) is 2.08. The first-order valence-corrected chi connectivity index (χ1v) is 7.18. The largest absolute Gasteiger partial charge is 0.481 e. The number of hydrogen-bond acceptors (Lipinski definition) is 2. The van der Waals surface area contributed by atoms with Crippen molar-refractivity contribution in [2.75, 3.05) is 19.6 Å². The molecule has 2 aliphatic rings. The maximum Gasteiger partial charge on any atom is 0.320 e. The molecule has 19 heavy (non-hydrogen) atoms. The van der Waals surface area contributed by atoms with Gasteiger partial charge in [0.25, 0.3) is 0 Å². The Bertz CT molecular complexity index is 372. The van der Waals surface area contributed by atoms with E-state index in [1.807, 2.05) is 11.8 Å². The molecular weight excluding hydrogens is 244 g/mol. The molecule has 2 aliphatic heterocycles. The van der Waals surface area contributed by atoms with E-state index in [1.54, 1.807) is 4.90 Å². The zero-order valence-corrected chi connectivity index (χ0v) is 12.0. The average Bonchev–Trinajstić information content (AvgIpc) is 2.70. The van der Waals surface area contributed by atoms with Crippen LogP contribution in [0.4, 0.5) is 4.79 Å². The number of carboxylic acids is 1. The quantitative estimate of drug-likeness (QED) is 0.790. The van der Waals surface area contributed by atoms with E-state index in [2.05, 4.69) is 13.8 Å². The highest BCUT2D eigenvalue weighted by atomic mass is 16.4. The molecule has 0 radical (unpaired) electrons. The number of amides is 2. The van der Waals surface area contributed by atoms with Gasteiger partial charge in [0.1, 0.15) is 0 Å². The number of aliphatic carboxylic acids is 1. The van der Waals surface area contributed by atoms with E-state index in [0.717, 1.165) is 19.4 Å². The fraction of sp³-hybridized carbons (Fsp3) is 0.857. The summed E-state index contributed by atoms with van der Waals surface area (Å²) in [5.41, 5.74) is 0. The molecule has 5 heteroatoms. The van der Waals surface area contributed by atoms with Gasteiger partial charge in [0.15, 0.2) is 0 Å². The van der Waals surface area contributed by atoms with Gasteiger partial charge in [-0.15, -0.1) is 0 Å². The predicted octanol–water partition coefficient (Wildman–Crippen LogP) is 1.88. The maximum atomic E-state index is 12.5. The third kappa shape index (κ3) is 2.85. The van der Waals surface area contributed by atoms with E-state index in [4.69, 9.17) is 5.11 Å². The normalized spacial score (nSPS) is 35.5. The molecule has 5 nitrogen and oxygen atoms in total. The second-order valence-electron chi connectivity index (χ2n) is 6.28. The number of piperidine rings is 1. The van der Waals surface area contributed by atoms with E-state index in [-0.39, 0.29) is 18.0 Å². The molecule has 0 saturated carbocycles. The molecule has 0 spiro atoms. The fourth-order valence-corrected chi connectivity index (χ4v) is 3.32. The molecule has 1 N–H and O–H groups in total. The molecular formula is C14H24N2O3. The Morgan fingerprint density at radius 3 is 2.37 bits per heavy atom. The molecule has 2 rings (SSSR count). The Morgan fingerprint density at radius 2 is 1.84 bits per heavy atom. The van der Waals surface area contributed by atoms with Gasteiger partial charge in [-0.1, -0.05) is 13.8 Å². The zero-order chi connectivity index (χ0) is 14.2. The molecule has 108 valence electrons. The maximum absolute atomic E-state index is 12.5. The number of carboxylic acid groups (broad SMARTS) is 1. The van der Waals surface area contributed by atoms with Crippen molar-refractivity contribution in [1.82, 2.24) is 9.80 Å². The molecule has 2 saturated heterocycles. The minimum absolute atomic E-state index is 0.0231. The second kappa shape index (κ2) is 5.39. The van der Waals surface area contributed by atoms with Crippen molar-refractivity contribution in [2.45, 2.75) is 39.7 Å². The van der Waals surface area contributed by atoms with Crippen LogP contribution in [-0.2, 0) is 4.79 Å². The summed E-state index contributed by atoms with van der Waals surface area (Å²) in [5, 5.41) is 9.13. The van der Waals surface area contributed by atoms with Crippen LogP contribution in [0.25, 0.3) is 0 Å². The second-order valence-corrected chi connectivity index (χ2v) is 6.28. The summed E-state index contributed by atoms with van der Waals surface area (Å²) >= 11 is 0. The number of carbonyl (C=O) groups excluding carboxylic acids is 1. The van der Waals surface area contributed by atoms with Crippen LogP contribution in [0.1, 0.15) is 33.6 Å². The van der Waals surface area contributed by atoms with Crippen LogP contribution in [0.3, 0.4) is 0 Å². The summed E-state index contributed by atoms with van der Waals surface area (Å²) in [6, 6.07) is 0.283. The third-order valence-electron chi connectivity index (χ3n) is 4.58. The van der Waals surface area contributed by atoms with Gasteiger partial charge in [-0.3, -0.25) is 4.79 Å². The first-order valence-electron chi connectivity index (χ1n) is 7.18. The summed E-state index contributed by atoms with van der Waals surface area (Å²) in [5.74, 6) is -0.491. The highest BCUT2D eigenvalue weighted by Crippen LogP contribution is 2.27. The van der Waals surface area contributed by atoms with Crippen molar-refractivity contribution < 1.29 is 14.7 Å². The van der Waals surface area contributed by atoms with E-state index in [9.17, 15) is 9.59 Å². The standard InChI is InChI=1S/C14H24N2O3/c1-9-4-5-16(11(3)6-9)14(19)15-7-10(2)12(8-15)13(17)18/h9-12H,4-8H2,1-3H3,(H,17,18). The van der Waals surface area contributed by atoms with Crippen LogP contribution in [-0.4, -0.2) is 52.6 Å². The van der Waals surface area contributed by atoms with Crippen LogP contribution < -0.4 is 0 Å². The molecule has 4 atom stereocenters.